The van der Waals surface area contributed by atoms with Crippen molar-refractivity contribution < 1.29 is 9.47 Å². The van der Waals surface area contributed by atoms with Gasteiger partial charge < -0.3 is 14.8 Å². The number of nitrogens with one attached hydrogen (secondary N) is 1. The van der Waals surface area contributed by atoms with Gasteiger partial charge in [-0.1, -0.05) is 0 Å². The molecule has 0 saturated carbocycles. The van der Waals surface area contributed by atoms with Crippen LogP contribution in [-0.2, 0) is 6.54 Å². The van der Waals surface area contributed by atoms with Crippen LogP contribution in [0, 0.1) is 0 Å². The van der Waals surface area contributed by atoms with E-state index in [-0.39, 0.29) is 12.0 Å². The molecule has 2 aromatic heterocycles. The quantitative estimate of drug-likeness (QED) is 0.824. The summed E-state index contributed by atoms with van der Waals surface area (Å²) in [6, 6.07) is 0.409. The molecule has 1 N–H and O–H groups in total. The van der Waals surface area contributed by atoms with E-state index in [9.17, 15) is 0 Å². The molecule has 0 amide bonds. The highest BCUT2D eigenvalue weighted by Crippen LogP contribution is 2.19. The van der Waals surface area contributed by atoms with Crippen LogP contribution in [0.15, 0.2) is 12.4 Å². The normalized spacial score (nSPS) is 10.3. The van der Waals surface area contributed by atoms with E-state index in [1.807, 2.05) is 20.8 Å². The van der Waals surface area contributed by atoms with Gasteiger partial charge >= 0.3 is 12.0 Å². The van der Waals surface area contributed by atoms with Crippen LogP contribution in [0.25, 0.3) is 0 Å². The summed E-state index contributed by atoms with van der Waals surface area (Å²) in [5, 5.41) is 7.13. The third-order valence-corrected chi connectivity index (χ3v) is 2.35. The molecule has 8 nitrogen and oxygen atoms in total. The smallest absolute Gasteiger partial charge is 0.330 e. The van der Waals surface area contributed by atoms with Gasteiger partial charge in [-0.3, -0.25) is 4.68 Å². The van der Waals surface area contributed by atoms with Gasteiger partial charge in [0.25, 0.3) is 0 Å². The van der Waals surface area contributed by atoms with E-state index >= 15 is 0 Å². The maximum absolute atomic E-state index is 5.57. The predicted molar refractivity (Wildman–Crippen MR) is 73.1 cm³/mol. The van der Waals surface area contributed by atoms with Crippen LogP contribution in [0.4, 0.5) is 5.95 Å². The SMILES string of the molecule is CCNc1nc(OCC)nc(Oc2cnn(CC)c2)n1. The average Bonchev–Trinajstić information content (AvgIpc) is 2.87. The lowest BCUT2D eigenvalue weighted by atomic mass is 10.6. The van der Waals surface area contributed by atoms with E-state index in [1.165, 1.54) is 0 Å². The van der Waals surface area contributed by atoms with E-state index < -0.39 is 0 Å². The molecule has 0 aliphatic rings. The Morgan fingerprint density at radius 3 is 2.60 bits per heavy atom. The minimum absolute atomic E-state index is 0.176. The molecular formula is C12H18N6O2. The van der Waals surface area contributed by atoms with Crippen LogP contribution in [0.5, 0.6) is 17.8 Å². The van der Waals surface area contributed by atoms with Crippen molar-refractivity contribution in [2.45, 2.75) is 27.3 Å². The van der Waals surface area contributed by atoms with E-state index in [2.05, 4.69) is 25.4 Å². The molecule has 2 rings (SSSR count). The van der Waals surface area contributed by atoms with Crippen molar-refractivity contribution >= 4 is 5.95 Å². The first-order valence-corrected chi connectivity index (χ1v) is 6.58. The van der Waals surface area contributed by atoms with Gasteiger partial charge in [-0.25, -0.2) is 0 Å². The maximum Gasteiger partial charge on any atom is 0.330 e. The number of anilines is 1. The minimum atomic E-state index is 0.176. The summed E-state index contributed by atoms with van der Waals surface area (Å²) >= 11 is 0. The van der Waals surface area contributed by atoms with Crippen LogP contribution in [0.2, 0.25) is 0 Å². The van der Waals surface area contributed by atoms with Crippen LogP contribution in [0.1, 0.15) is 20.8 Å². The Balaban J connectivity index is 2.20. The van der Waals surface area contributed by atoms with Gasteiger partial charge in [0.05, 0.1) is 19.0 Å². The second-order valence-corrected chi connectivity index (χ2v) is 3.82. The number of aromatic nitrogens is 5. The van der Waals surface area contributed by atoms with Crippen LogP contribution in [0.3, 0.4) is 0 Å². The van der Waals surface area contributed by atoms with Crippen molar-refractivity contribution in [3.63, 3.8) is 0 Å². The molecule has 0 bridgehead atoms. The monoisotopic (exact) mass is 278 g/mol. The van der Waals surface area contributed by atoms with Crippen molar-refractivity contribution in [1.29, 1.82) is 0 Å². The van der Waals surface area contributed by atoms with Crippen molar-refractivity contribution in [1.82, 2.24) is 24.7 Å². The molecule has 0 unspecified atom stereocenters. The number of nitrogens with zero attached hydrogens (tertiary/aromatic N) is 5. The molecule has 8 heteroatoms. The summed E-state index contributed by atoms with van der Waals surface area (Å²) in [7, 11) is 0. The first kappa shape index (κ1) is 14.0. The minimum Gasteiger partial charge on any atom is -0.464 e. The molecule has 0 aromatic carbocycles. The standard InChI is InChI=1S/C12H18N6O2/c1-4-13-10-15-11(19-6-3)17-12(16-10)20-9-7-14-18(5-2)8-9/h7-8H,4-6H2,1-3H3,(H,13,15,16,17). The molecule has 2 heterocycles. The Hall–Kier alpha value is -2.38. The van der Waals surface area contributed by atoms with Gasteiger partial charge in [0.1, 0.15) is 0 Å². The Labute approximate surface area is 117 Å². The third kappa shape index (κ3) is 3.56. The molecule has 2 aromatic rings. The fourth-order valence-electron chi connectivity index (χ4n) is 1.49. The lowest BCUT2D eigenvalue weighted by Crippen LogP contribution is -2.07. The zero-order valence-corrected chi connectivity index (χ0v) is 11.8. The van der Waals surface area contributed by atoms with Crippen molar-refractivity contribution in [3.05, 3.63) is 12.4 Å². The highest BCUT2D eigenvalue weighted by atomic mass is 16.5. The fraction of sp³-hybridized carbons (Fsp3) is 0.500. The molecule has 0 fully saturated rings. The van der Waals surface area contributed by atoms with E-state index in [0.29, 0.717) is 24.8 Å². The largest absolute Gasteiger partial charge is 0.464 e. The van der Waals surface area contributed by atoms with Gasteiger partial charge in [-0.05, 0) is 20.8 Å². The number of hydrogen-bond donors (Lipinski definition) is 1. The molecule has 20 heavy (non-hydrogen) atoms. The number of hydrogen-bond acceptors (Lipinski definition) is 7. The zero-order chi connectivity index (χ0) is 14.4. The first-order valence-electron chi connectivity index (χ1n) is 6.58. The fourth-order valence-corrected chi connectivity index (χ4v) is 1.49. The van der Waals surface area contributed by atoms with Gasteiger partial charge in [-0.15, -0.1) is 4.98 Å². The lowest BCUT2D eigenvalue weighted by molar-refractivity contribution is 0.304. The Morgan fingerprint density at radius 2 is 1.95 bits per heavy atom. The van der Waals surface area contributed by atoms with Gasteiger partial charge in [0.15, 0.2) is 5.75 Å². The molecule has 0 aliphatic heterocycles. The molecule has 108 valence electrons. The summed E-state index contributed by atoms with van der Waals surface area (Å²) in [6.07, 6.45) is 3.39. The Kier molecular flexibility index (Phi) is 4.70. The highest BCUT2D eigenvalue weighted by molar-refractivity contribution is 5.28. The lowest BCUT2D eigenvalue weighted by Gasteiger charge is -2.07. The van der Waals surface area contributed by atoms with Crippen LogP contribution in [-0.4, -0.2) is 37.9 Å². The summed E-state index contributed by atoms with van der Waals surface area (Å²) in [5.41, 5.74) is 0. The number of ether oxygens (including phenoxy) is 2. The summed E-state index contributed by atoms with van der Waals surface area (Å²) in [6.45, 7) is 7.76. The molecule has 0 spiro atoms. The van der Waals surface area contributed by atoms with Gasteiger partial charge in [0, 0.05) is 13.1 Å². The Bertz CT molecular complexity index is 532. The maximum atomic E-state index is 5.57. The summed E-state index contributed by atoms with van der Waals surface area (Å²) < 4.78 is 12.6. The summed E-state index contributed by atoms with van der Waals surface area (Å²) in [5.74, 6) is 0.992. The molecule has 0 atom stereocenters. The topological polar surface area (TPSA) is 87.0 Å². The predicted octanol–water partition coefficient (Wildman–Crippen LogP) is 1.71. The molecule has 0 radical (unpaired) electrons. The first-order chi connectivity index (χ1) is 9.75. The number of aryl methyl sites for hydroxylation is 1. The third-order valence-electron chi connectivity index (χ3n) is 2.35. The van der Waals surface area contributed by atoms with Crippen molar-refractivity contribution in [3.8, 4) is 17.8 Å². The molecular weight excluding hydrogens is 260 g/mol. The summed E-state index contributed by atoms with van der Waals surface area (Å²) in [4.78, 5) is 12.4. The van der Waals surface area contributed by atoms with E-state index in [4.69, 9.17) is 9.47 Å². The zero-order valence-electron chi connectivity index (χ0n) is 11.8. The van der Waals surface area contributed by atoms with E-state index in [0.717, 1.165) is 6.54 Å². The van der Waals surface area contributed by atoms with Gasteiger partial charge in [-0.2, -0.15) is 15.1 Å². The second kappa shape index (κ2) is 6.69. The second-order valence-electron chi connectivity index (χ2n) is 3.82. The number of rotatable bonds is 7. The van der Waals surface area contributed by atoms with Crippen LogP contribution < -0.4 is 14.8 Å². The Morgan fingerprint density at radius 1 is 1.15 bits per heavy atom. The van der Waals surface area contributed by atoms with E-state index in [1.54, 1.807) is 17.1 Å². The molecule has 0 aliphatic carbocycles. The highest BCUT2D eigenvalue weighted by Gasteiger charge is 2.10. The van der Waals surface area contributed by atoms with Crippen molar-refractivity contribution in [2.75, 3.05) is 18.5 Å². The molecule has 0 saturated heterocycles. The van der Waals surface area contributed by atoms with Crippen LogP contribution >= 0.6 is 0 Å². The average molecular weight is 278 g/mol. The van der Waals surface area contributed by atoms with Gasteiger partial charge in [0.2, 0.25) is 5.95 Å². The van der Waals surface area contributed by atoms with Crippen molar-refractivity contribution in [2.24, 2.45) is 0 Å².